The Morgan fingerprint density at radius 1 is 1.14 bits per heavy atom. The molecule has 0 radical (unpaired) electrons. The van der Waals surface area contributed by atoms with Crippen LogP contribution in [-0.2, 0) is 4.74 Å². The number of carbonyl (C=O) groups excluding carboxylic acids is 2. The minimum absolute atomic E-state index is 0.116. The van der Waals surface area contributed by atoms with Crippen molar-refractivity contribution < 1.29 is 18.7 Å². The number of rotatable bonds is 3. The second-order valence-electron chi connectivity index (χ2n) is 7.84. The van der Waals surface area contributed by atoms with E-state index in [1.165, 1.54) is 0 Å². The van der Waals surface area contributed by atoms with E-state index in [0.29, 0.717) is 30.4 Å². The van der Waals surface area contributed by atoms with Crippen LogP contribution in [0.4, 0.5) is 4.79 Å². The lowest BCUT2D eigenvalue weighted by molar-refractivity contribution is 0.0199. The van der Waals surface area contributed by atoms with Crippen molar-refractivity contribution >= 4 is 12.0 Å². The van der Waals surface area contributed by atoms with Crippen molar-refractivity contribution in [2.45, 2.75) is 45.1 Å². The zero-order valence-corrected chi connectivity index (χ0v) is 16.7. The second-order valence-corrected chi connectivity index (χ2v) is 7.84. The monoisotopic (exact) mass is 386 g/mol. The molecule has 0 bridgehead atoms. The third-order valence-corrected chi connectivity index (χ3v) is 4.56. The van der Waals surface area contributed by atoms with Crippen molar-refractivity contribution in [2.75, 3.05) is 20.1 Å². The largest absolute Gasteiger partial charge is 0.444 e. The fraction of sp³-hybridized carbons (Fsp3) is 0.500. The summed E-state index contributed by atoms with van der Waals surface area (Å²) in [7, 11) is 1.59. The van der Waals surface area contributed by atoms with Crippen LogP contribution in [0.2, 0.25) is 0 Å². The number of likely N-dealkylation sites (tertiary alicyclic amines) is 1. The van der Waals surface area contributed by atoms with Crippen molar-refractivity contribution in [3.05, 3.63) is 35.7 Å². The Bertz CT molecular complexity index is 831. The Balaban J connectivity index is 1.61. The molecule has 1 aromatic carbocycles. The highest BCUT2D eigenvalue weighted by Gasteiger charge is 2.30. The van der Waals surface area contributed by atoms with Crippen LogP contribution in [0.3, 0.4) is 0 Å². The Morgan fingerprint density at radius 2 is 1.79 bits per heavy atom. The summed E-state index contributed by atoms with van der Waals surface area (Å²) < 4.78 is 11.3. The van der Waals surface area contributed by atoms with Crippen LogP contribution in [0.5, 0.6) is 0 Å². The van der Waals surface area contributed by atoms with Gasteiger partial charge in [-0.1, -0.05) is 0 Å². The summed E-state index contributed by atoms with van der Waals surface area (Å²) in [6.45, 7) is 6.77. The van der Waals surface area contributed by atoms with Gasteiger partial charge >= 0.3 is 6.09 Å². The maximum Gasteiger partial charge on any atom is 0.410 e. The molecule has 1 fully saturated rings. The van der Waals surface area contributed by atoms with Crippen molar-refractivity contribution in [1.82, 2.24) is 20.4 Å². The quantitative estimate of drug-likeness (QED) is 0.870. The minimum Gasteiger partial charge on any atom is -0.444 e. The van der Waals surface area contributed by atoms with E-state index in [1.807, 2.05) is 20.8 Å². The molecule has 1 aliphatic rings. The van der Waals surface area contributed by atoms with E-state index < -0.39 is 5.60 Å². The minimum atomic E-state index is -0.497. The van der Waals surface area contributed by atoms with Gasteiger partial charge in [0, 0.05) is 37.2 Å². The van der Waals surface area contributed by atoms with Gasteiger partial charge in [-0.2, -0.15) is 0 Å². The van der Waals surface area contributed by atoms with Crippen LogP contribution in [0, 0.1) is 0 Å². The van der Waals surface area contributed by atoms with Crippen molar-refractivity contribution in [3.8, 4) is 11.5 Å². The number of carbonyl (C=O) groups is 2. The molecule has 8 nitrogen and oxygen atoms in total. The Morgan fingerprint density at radius 3 is 2.36 bits per heavy atom. The molecule has 3 rings (SSSR count). The van der Waals surface area contributed by atoms with Crippen molar-refractivity contribution in [3.63, 3.8) is 0 Å². The summed E-state index contributed by atoms with van der Waals surface area (Å²) in [6, 6.07) is 7.01. The normalized spacial score (nSPS) is 15.4. The first-order valence-corrected chi connectivity index (χ1v) is 9.40. The molecule has 0 atom stereocenters. The molecular formula is C20H26N4O4. The highest BCUT2D eigenvalue weighted by Crippen LogP contribution is 2.30. The molecule has 0 aliphatic carbocycles. The fourth-order valence-electron chi connectivity index (χ4n) is 3.06. The van der Waals surface area contributed by atoms with Crippen LogP contribution in [0.25, 0.3) is 11.5 Å². The standard InChI is InChI=1S/C20H26N4O4/c1-20(2,3)28-19(26)24-11-9-15(10-12-24)18-23-22-17(27-18)14-7-5-13(6-8-14)16(25)21-4/h5-8,15H,9-12H2,1-4H3,(H,21,25). The smallest absolute Gasteiger partial charge is 0.410 e. The number of ether oxygens (including phenoxy) is 1. The predicted molar refractivity (Wildman–Crippen MR) is 103 cm³/mol. The summed E-state index contributed by atoms with van der Waals surface area (Å²) in [5, 5.41) is 10.9. The third-order valence-electron chi connectivity index (χ3n) is 4.56. The number of nitrogens with zero attached hydrogens (tertiary/aromatic N) is 3. The van der Waals surface area contributed by atoms with Gasteiger partial charge in [-0.15, -0.1) is 10.2 Å². The first kappa shape index (κ1) is 19.9. The van der Waals surface area contributed by atoms with Gasteiger partial charge in [0.05, 0.1) is 0 Å². The van der Waals surface area contributed by atoms with Crippen LogP contribution in [-0.4, -0.2) is 52.8 Å². The number of piperidine rings is 1. The average Bonchev–Trinajstić information content (AvgIpc) is 3.16. The summed E-state index contributed by atoms with van der Waals surface area (Å²) in [4.78, 5) is 25.5. The van der Waals surface area contributed by atoms with Gasteiger partial charge in [-0.05, 0) is 57.9 Å². The number of amides is 2. The summed E-state index contributed by atoms with van der Waals surface area (Å²) in [5.74, 6) is 0.974. The molecule has 8 heteroatoms. The fourth-order valence-corrected chi connectivity index (χ4v) is 3.06. The van der Waals surface area contributed by atoms with Gasteiger partial charge in [-0.3, -0.25) is 4.79 Å². The molecule has 2 aromatic rings. The highest BCUT2D eigenvalue weighted by atomic mass is 16.6. The van der Waals surface area contributed by atoms with E-state index in [9.17, 15) is 9.59 Å². The number of aromatic nitrogens is 2. The van der Waals surface area contributed by atoms with E-state index >= 15 is 0 Å². The molecule has 150 valence electrons. The average molecular weight is 386 g/mol. The number of nitrogens with one attached hydrogen (secondary N) is 1. The lowest BCUT2D eigenvalue weighted by Crippen LogP contribution is -2.41. The lowest BCUT2D eigenvalue weighted by Gasteiger charge is -2.32. The lowest BCUT2D eigenvalue weighted by atomic mass is 9.97. The summed E-state index contributed by atoms with van der Waals surface area (Å²) in [6.07, 6.45) is 1.21. The van der Waals surface area contributed by atoms with Crippen molar-refractivity contribution in [1.29, 1.82) is 0 Å². The molecule has 1 aliphatic heterocycles. The maximum atomic E-state index is 12.2. The zero-order chi connectivity index (χ0) is 20.3. The SMILES string of the molecule is CNC(=O)c1ccc(-c2nnc(C3CCN(C(=O)OC(C)(C)C)CC3)o2)cc1. The summed E-state index contributed by atoms with van der Waals surface area (Å²) >= 11 is 0. The van der Waals surface area contributed by atoms with Crippen molar-refractivity contribution in [2.24, 2.45) is 0 Å². The molecule has 0 saturated carbocycles. The van der Waals surface area contributed by atoms with Gasteiger partial charge in [0.25, 0.3) is 5.91 Å². The summed E-state index contributed by atoms with van der Waals surface area (Å²) in [5.41, 5.74) is 0.834. The zero-order valence-electron chi connectivity index (χ0n) is 16.7. The van der Waals surface area contributed by atoms with E-state index in [-0.39, 0.29) is 17.9 Å². The third kappa shape index (κ3) is 4.68. The number of hydrogen-bond acceptors (Lipinski definition) is 6. The van der Waals surface area contributed by atoms with E-state index in [0.717, 1.165) is 18.4 Å². The number of benzene rings is 1. The highest BCUT2D eigenvalue weighted by molar-refractivity contribution is 5.94. The van der Waals surface area contributed by atoms with Crippen LogP contribution < -0.4 is 5.32 Å². The van der Waals surface area contributed by atoms with Crippen LogP contribution in [0.15, 0.2) is 28.7 Å². The maximum absolute atomic E-state index is 12.2. The van der Waals surface area contributed by atoms with E-state index in [2.05, 4.69) is 15.5 Å². The molecule has 1 aromatic heterocycles. The topological polar surface area (TPSA) is 97.6 Å². The first-order valence-electron chi connectivity index (χ1n) is 9.40. The Hall–Kier alpha value is -2.90. The Kier molecular flexibility index (Phi) is 5.67. The van der Waals surface area contributed by atoms with E-state index in [1.54, 1.807) is 36.2 Å². The van der Waals surface area contributed by atoms with Gasteiger partial charge in [0.1, 0.15) is 5.60 Å². The van der Waals surface area contributed by atoms with E-state index in [4.69, 9.17) is 9.15 Å². The predicted octanol–water partition coefficient (Wildman–Crippen LogP) is 3.21. The second kappa shape index (κ2) is 8.00. The number of hydrogen-bond donors (Lipinski definition) is 1. The van der Waals surface area contributed by atoms with Crippen LogP contribution >= 0.6 is 0 Å². The molecule has 0 spiro atoms. The molecule has 28 heavy (non-hydrogen) atoms. The Labute approximate surface area is 164 Å². The van der Waals surface area contributed by atoms with Gasteiger partial charge in [0.2, 0.25) is 11.8 Å². The van der Waals surface area contributed by atoms with Gasteiger partial charge in [-0.25, -0.2) is 4.79 Å². The molecule has 2 amide bonds. The van der Waals surface area contributed by atoms with Gasteiger partial charge < -0.3 is 19.4 Å². The molecule has 2 heterocycles. The molecule has 0 unspecified atom stereocenters. The molecular weight excluding hydrogens is 360 g/mol. The molecule has 1 saturated heterocycles. The first-order chi connectivity index (χ1) is 13.3. The van der Waals surface area contributed by atoms with Gasteiger partial charge in [0.15, 0.2) is 0 Å². The molecule has 1 N–H and O–H groups in total. The van der Waals surface area contributed by atoms with Crippen LogP contribution in [0.1, 0.15) is 55.8 Å².